The average molecular weight is 381 g/mol. The fourth-order valence-corrected chi connectivity index (χ4v) is 2.35. The molecule has 1 amide bonds. The number of ether oxygens (including phenoxy) is 1. The number of rotatable bonds is 3. The maximum Gasteiger partial charge on any atom is 0.416 e. The number of halogens is 6. The molecule has 1 aromatic rings. The van der Waals surface area contributed by atoms with Gasteiger partial charge in [0.1, 0.15) is 0 Å². The first kappa shape index (κ1) is 20.0. The summed E-state index contributed by atoms with van der Waals surface area (Å²) in [4.78, 5) is 11.1. The number of hydrogen-bond acceptors (Lipinski definition) is 4. The number of methoxy groups -OCH3 is 1. The molecule has 0 fully saturated rings. The fourth-order valence-electron chi connectivity index (χ4n) is 1.63. The van der Waals surface area contributed by atoms with Crippen molar-refractivity contribution in [3.8, 4) is 0 Å². The smallest absolute Gasteiger partial charge is 0.416 e. The molecule has 1 unspecified atom stereocenters. The van der Waals surface area contributed by atoms with Gasteiger partial charge in [-0.3, -0.25) is 9.87 Å². The number of alkyl carbamates (subject to hydrolysis) is 1. The average Bonchev–Trinajstić information content (AvgIpc) is 2.40. The predicted molar refractivity (Wildman–Crippen MR) is 66.3 cm³/mol. The Morgan fingerprint density at radius 3 is 1.79 bits per heavy atom. The summed E-state index contributed by atoms with van der Waals surface area (Å²) in [6, 6.07) is -0.115. The lowest BCUT2D eigenvalue weighted by atomic mass is 10.0. The molecule has 1 aromatic carbocycles. The number of hydrogen-bond donors (Lipinski definition) is 2. The highest BCUT2D eigenvalue weighted by Gasteiger charge is 2.39. The normalized spacial score (nSPS) is 14.2. The van der Waals surface area contributed by atoms with E-state index in [1.165, 1.54) is 5.32 Å². The molecule has 6 nitrogen and oxygen atoms in total. The van der Waals surface area contributed by atoms with Gasteiger partial charge in [-0.1, -0.05) is 0 Å². The molecule has 2 N–H and O–H groups in total. The van der Waals surface area contributed by atoms with Crippen LogP contribution in [0.25, 0.3) is 0 Å². The quantitative estimate of drug-likeness (QED) is 0.620. The van der Waals surface area contributed by atoms with Crippen LogP contribution in [-0.2, 0) is 27.2 Å². The fraction of sp³-hybridized carbons (Fsp3) is 0.364. The third-order valence-corrected chi connectivity index (χ3v) is 3.63. The highest BCUT2D eigenvalue weighted by molar-refractivity contribution is 7.86. The molecule has 0 aliphatic heterocycles. The molecule has 24 heavy (non-hydrogen) atoms. The number of amides is 1. The second kappa shape index (κ2) is 6.47. The second-order valence-corrected chi connectivity index (χ2v) is 5.87. The van der Waals surface area contributed by atoms with E-state index < -0.39 is 50.6 Å². The van der Waals surface area contributed by atoms with Gasteiger partial charge in [0.2, 0.25) is 0 Å². The van der Waals surface area contributed by atoms with Gasteiger partial charge >= 0.3 is 18.4 Å². The summed E-state index contributed by atoms with van der Waals surface area (Å²) in [5, 5.41) is -1.14. The standard InChI is InChI=1S/C11H9F6NO5S/c1-23-9(19)18-8(24(20,21)22)5-2-6(10(12,13)14)4-7(3-5)11(15,16)17/h2-4,8H,1H3,(H,18,19)(H,20,21,22). The molecule has 0 aliphatic rings. The number of carbonyl (C=O) groups is 1. The van der Waals surface area contributed by atoms with Crippen molar-refractivity contribution in [2.75, 3.05) is 7.11 Å². The zero-order valence-electron chi connectivity index (χ0n) is 11.6. The van der Waals surface area contributed by atoms with Crippen LogP contribution in [0.3, 0.4) is 0 Å². The maximum absolute atomic E-state index is 12.7. The van der Waals surface area contributed by atoms with Gasteiger partial charge in [0.25, 0.3) is 10.1 Å². The number of benzene rings is 1. The summed E-state index contributed by atoms with van der Waals surface area (Å²) >= 11 is 0. The Hall–Kier alpha value is -2.02. The summed E-state index contributed by atoms with van der Waals surface area (Å²) in [5.41, 5.74) is -4.77. The van der Waals surface area contributed by atoms with Crippen LogP contribution in [0.1, 0.15) is 22.1 Å². The topological polar surface area (TPSA) is 92.7 Å². The van der Waals surface area contributed by atoms with E-state index in [4.69, 9.17) is 4.55 Å². The van der Waals surface area contributed by atoms with E-state index in [9.17, 15) is 39.6 Å². The van der Waals surface area contributed by atoms with Gasteiger partial charge in [-0.05, 0) is 23.8 Å². The van der Waals surface area contributed by atoms with Gasteiger partial charge in [-0.15, -0.1) is 0 Å². The van der Waals surface area contributed by atoms with Crippen molar-refractivity contribution in [2.45, 2.75) is 17.7 Å². The minimum absolute atomic E-state index is 0.0591. The first-order chi connectivity index (χ1) is 10.7. The van der Waals surface area contributed by atoms with Gasteiger partial charge in [0.15, 0.2) is 5.37 Å². The minimum atomic E-state index is -5.29. The molecule has 0 saturated heterocycles. The third-order valence-electron chi connectivity index (χ3n) is 2.64. The molecule has 136 valence electrons. The van der Waals surface area contributed by atoms with Crippen molar-refractivity contribution in [3.05, 3.63) is 34.9 Å². The Balaban J connectivity index is 3.61. The van der Waals surface area contributed by atoms with Gasteiger partial charge in [0, 0.05) is 0 Å². The van der Waals surface area contributed by atoms with Crippen LogP contribution in [0.4, 0.5) is 31.1 Å². The Bertz CT molecular complexity index is 695. The van der Waals surface area contributed by atoms with Crippen LogP contribution in [0, 0.1) is 0 Å². The van der Waals surface area contributed by atoms with Gasteiger partial charge in [0.05, 0.1) is 18.2 Å². The predicted octanol–water partition coefficient (Wildman–Crippen LogP) is 2.97. The summed E-state index contributed by atoms with van der Waals surface area (Å²) in [6.45, 7) is 0. The summed E-state index contributed by atoms with van der Waals surface area (Å²) in [7, 11) is -4.53. The van der Waals surface area contributed by atoms with Crippen molar-refractivity contribution >= 4 is 16.2 Å². The molecular formula is C11H9F6NO5S. The number of carbonyl (C=O) groups excluding carboxylic acids is 1. The van der Waals surface area contributed by atoms with Gasteiger partial charge in [-0.25, -0.2) is 4.79 Å². The first-order valence-electron chi connectivity index (χ1n) is 5.76. The minimum Gasteiger partial charge on any atom is -0.453 e. The Morgan fingerprint density at radius 2 is 1.50 bits per heavy atom. The monoisotopic (exact) mass is 381 g/mol. The molecule has 0 radical (unpaired) electrons. The number of alkyl halides is 6. The Kier molecular flexibility index (Phi) is 5.40. The van der Waals surface area contributed by atoms with Crippen LogP contribution in [0.15, 0.2) is 18.2 Å². The molecule has 0 heterocycles. The molecule has 0 spiro atoms. The zero-order valence-corrected chi connectivity index (χ0v) is 12.4. The summed E-state index contributed by atoms with van der Waals surface area (Å²) in [5.74, 6) is 0. The molecular weight excluding hydrogens is 372 g/mol. The highest BCUT2D eigenvalue weighted by Crippen LogP contribution is 2.38. The van der Waals surface area contributed by atoms with Crippen LogP contribution in [0.5, 0.6) is 0 Å². The molecule has 1 atom stereocenters. The van der Waals surface area contributed by atoms with Crippen molar-refractivity contribution in [3.63, 3.8) is 0 Å². The van der Waals surface area contributed by atoms with E-state index in [1.807, 2.05) is 0 Å². The SMILES string of the molecule is COC(=O)NC(c1cc(C(F)(F)F)cc(C(F)(F)F)c1)S(=O)(=O)O. The first-order valence-corrected chi connectivity index (χ1v) is 7.26. The molecule has 13 heteroatoms. The lowest BCUT2D eigenvalue weighted by molar-refractivity contribution is -0.143. The van der Waals surface area contributed by atoms with Crippen LogP contribution in [0.2, 0.25) is 0 Å². The van der Waals surface area contributed by atoms with Crippen molar-refractivity contribution in [2.24, 2.45) is 0 Å². The van der Waals surface area contributed by atoms with Crippen molar-refractivity contribution in [1.29, 1.82) is 0 Å². The van der Waals surface area contributed by atoms with E-state index in [2.05, 4.69) is 4.74 Å². The van der Waals surface area contributed by atoms with E-state index in [0.29, 0.717) is 0 Å². The van der Waals surface area contributed by atoms with Gasteiger partial charge < -0.3 is 4.74 Å². The highest BCUT2D eigenvalue weighted by atomic mass is 32.2. The third kappa shape index (κ3) is 4.99. The van der Waals surface area contributed by atoms with Crippen LogP contribution < -0.4 is 5.32 Å². The van der Waals surface area contributed by atoms with Crippen LogP contribution in [-0.4, -0.2) is 26.2 Å². The largest absolute Gasteiger partial charge is 0.453 e. The molecule has 0 saturated carbocycles. The summed E-state index contributed by atoms with van der Waals surface area (Å²) < 4.78 is 112. The van der Waals surface area contributed by atoms with Crippen molar-refractivity contribution < 1.29 is 48.8 Å². The van der Waals surface area contributed by atoms with Crippen molar-refractivity contribution in [1.82, 2.24) is 5.32 Å². The van der Waals surface area contributed by atoms with E-state index >= 15 is 0 Å². The van der Waals surface area contributed by atoms with E-state index in [-0.39, 0.29) is 18.2 Å². The number of nitrogens with one attached hydrogen (secondary N) is 1. The lowest BCUT2D eigenvalue weighted by Gasteiger charge is -2.19. The molecule has 0 bridgehead atoms. The second-order valence-electron chi connectivity index (χ2n) is 4.37. The molecule has 1 rings (SSSR count). The zero-order chi connectivity index (χ0) is 18.9. The molecule has 0 aromatic heterocycles. The lowest BCUT2D eigenvalue weighted by Crippen LogP contribution is -2.34. The Morgan fingerprint density at radius 1 is 1.08 bits per heavy atom. The molecule has 0 aliphatic carbocycles. The summed E-state index contributed by atoms with van der Waals surface area (Å²) in [6.07, 6.45) is -12.0. The van der Waals surface area contributed by atoms with E-state index in [0.717, 1.165) is 7.11 Å². The van der Waals surface area contributed by atoms with Gasteiger partial charge in [-0.2, -0.15) is 34.8 Å². The van der Waals surface area contributed by atoms with Crippen LogP contribution >= 0.6 is 0 Å². The Labute approximate surface area is 131 Å². The van der Waals surface area contributed by atoms with E-state index in [1.54, 1.807) is 0 Å². The maximum atomic E-state index is 12.7.